The molecule has 0 heterocycles. The van der Waals surface area contributed by atoms with Gasteiger partial charge in [0.2, 0.25) is 0 Å². The first-order chi connectivity index (χ1) is 6.56. The van der Waals surface area contributed by atoms with Crippen molar-refractivity contribution in [2.75, 3.05) is 6.61 Å². The predicted molar refractivity (Wildman–Crippen MR) is 57.8 cm³/mol. The Kier molecular flexibility index (Phi) is 4.07. The first-order valence-corrected chi connectivity index (χ1v) is 5.46. The molecule has 0 aliphatic heterocycles. The lowest BCUT2D eigenvalue weighted by atomic mass is 10.2. The number of carbonyl (C=O) groups is 1. The third-order valence-corrected chi connectivity index (χ3v) is 3.46. The highest BCUT2D eigenvalue weighted by molar-refractivity contribution is 9.13. The van der Waals surface area contributed by atoms with Gasteiger partial charge < -0.3 is 4.74 Å². The number of hydrogen-bond donors (Lipinski definition) is 0. The number of hydrogen-bond acceptors (Lipinski definition) is 2. The molecule has 14 heavy (non-hydrogen) atoms. The minimum atomic E-state index is -0.528. The van der Waals surface area contributed by atoms with Gasteiger partial charge in [0, 0.05) is 4.47 Å². The van der Waals surface area contributed by atoms with E-state index in [4.69, 9.17) is 4.74 Å². The van der Waals surface area contributed by atoms with Crippen molar-refractivity contribution < 1.29 is 13.9 Å². The zero-order valence-corrected chi connectivity index (χ0v) is 10.5. The first-order valence-electron chi connectivity index (χ1n) is 3.88. The molecule has 0 saturated carbocycles. The van der Waals surface area contributed by atoms with Crippen molar-refractivity contribution in [2.24, 2.45) is 0 Å². The standard InChI is InChI=1S/C9H7Br2FO2/c1-2-14-9(13)5-3-6(10)8(11)7(12)4-5/h3-4H,2H2,1H3. The summed E-state index contributed by atoms with van der Waals surface area (Å²) in [5.74, 6) is -1.03. The van der Waals surface area contributed by atoms with Crippen LogP contribution in [0, 0.1) is 5.82 Å². The van der Waals surface area contributed by atoms with E-state index in [0.717, 1.165) is 6.07 Å². The molecular weight excluding hydrogens is 319 g/mol. The maximum Gasteiger partial charge on any atom is 0.338 e. The van der Waals surface area contributed by atoms with Gasteiger partial charge in [-0.25, -0.2) is 9.18 Å². The Labute approximate surface area is 97.7 Å². The largest absolute Gasteiger partial charge is 0.462 e. The van der Waals surface area contributed by atoms with Gasteiger partial charge in [0.25, 0.3) is 0 Å². The van der Waals surface area contributed by atoms with Gasteiger partial charge in [0.05, 0.1) is 16.6 Å². The highest BCUT2D eigenvalue weighted by atomic mass is 79.9. The van der Waals surface area contributed by atoms with Crippen LogP contribution in [0.15, 0.2) is 21.1 Å². The van der Waals surface area contributed by atoms with E-state index in [1.165, 1.54) is 6.07 Å². The van der Waals surface area contributed by atoms with E-state index in [1.807, 2.05) is 0 Å². The zero-order chi connectivity index (χ0) is 10.7. The second kappa shape index (κ2) is 4.89. The van der Waals surface area contributed by atoms with Gasteiger partial charge in [0.15, 0.2) is 0 Å². The van der Waals surface area contributed by atoms with Gasteiger partial charge in [-0.1, -0.05) is 0 Å². The average Bonchev–Trinajstić information content (AvgIpc) is 2.13. The van der Waals surface area contributed by atoms with Gasteiger partial charge >= 0.3 is 5.97 Å². The van der Waals surface area contributed by atoms with Crippen LogP contribution in [-0.2, 0) is 4.74 Å². The molecule has 0 unspecified atom stereocenters. The summed E-state index contributed by atoms with van der Waals surface area (Å²) in [6, 6.07) is 2.64. The second-order valence-corrected chi connectivity index (χ2v) is 4.12. The molecule has 1 rings (SSSR count). The van der Waals surface area contributed by atoms with Gasteiger partial charge in [-0.3, -0.25) is 0 Å². The van der Waals surface area contributed by atoms with Crippen molar-refractivity contribution in [2.45, 2.75) is 6.92 Å². The average molecular weight is 326 g/mol. The maximum absolute atomic E-state index is 13.2. The van der Waals surface area contributed by atoms with Crippen LogP contribution in [0.1, 0.15) is 17.3 Å². The van der Waals surface area contributed by atoms with E-state index >= 15 is 0 Å². The zero-order valence-electron chi connectivity index (χ0n) is 7.31. The van der Waals surface area contributed by atoms with E-state index in [2.05, 4.69) is 31.9 Å². The molecule has 0 spiro atoms. The predicted octanol–water partition coefficient (Wildman–Crippen LogP) is 3.53. The molecule has 76 valence electrons. The van der Waals surface area contributed by atoms with Gasteiger partial charge in [-0.05, 0) is 50.9 Å². The summed E-state index contributed by atoms with van der Waals surface area (Å²) in [4.78, 5) is 11.2. The Morgan fingerprint density at radius 3 is 2.64 bits per heavy atom. The summed E-state index contributed by atoms with van der Waals surface area (Å²) in [6.07, 6.45) is 0. The van der Waals surface area contributed by atoms with Gasteiger partial charge in [-0.2, -0.15) is 0 Å². The molecule has 0 bridgehead atoms. The molecular formula is C9H7Br2FO2. The molecule has 2 nitrogen and oxygen atoms in total. The van der Waals surface area contributed by atoms with Crippen LogP contribution in [0.25, 0.3) is 0 Å². The van der Waals surface area contributed by atoms with E-state index in [1.54, 1.807) is 6.92 Å². The molecule has 0 aliphatic rings. The summed E-state index contributed by atoms with van der Waals surface area (Å²) in [5, 5.41) is 0. The van der Waals surface area contributed by atoms with E-state index in [-0.39, 0.29) is 12.2 Å². The molecule has 0 aliphatic carbocycles. The van der Waals surface area contributed by atoms with E-state index < -0.39 is 11.8 Å². The van der Waals surface area contributed by atoms with Gasteiger partial charge in [-0.15, -0.1) is 0 Å². The lowest BCUT2D eigenvalue weighted by Gasteiger charge is -2.04. The Morgan fingerprint density at radius 1 is 1.50 bits per heavy atom. The Balaban J connectivity index is 3.06. The minimum absolute atomic E-state index is 0.194. The number of halogens is 3. The van der Waals surface area contributed by atoms with Crippen molar-refractivity contribution in [3.8, 4) is 0 Å². The monoisotopic (exact) mass is 324 g/mol. The van der Waals surface area contributed by atoms with Crippen LogP contribution in [0.4, 0.5) is 4.39 Å². The lowest BCUT2D eigenvalue weighted by molar-refractivity contribution is 0.0525. The molecule has 1 aromatic carbocycles. The molecule has 5 heteroatoms. The smallest absolute Gasteiger partial charge is 0.338 e. The minimum Gasteiger partial charge on any atom is -0.462 e. The number of benzene rings is 1. The summed E-state index contributed by atoms with van der Waals surface area (Å²) in [6.45, 7) is 1.97. The Hall–Kier alpha value is -0.420. The quantitative estimate of drug-likeness (QED) is 0.614. The molecule has 0 saturated heterocycles. The molecule has 0 fully saturated rings. The SMILES string of the molecule is CCOC(=O)c1cc(F)c(Br)c(Br)c1. The summed E-state index contributed by atoms with van der Waals surface area (Å²) in [5.41, 5.74) is 0.194. The maximum atomic E-state index is 13.2. The highest BCUT2D eigenvalue weighted by Gasteiger charge is 2.12. The van der Waals surface area contributed by atoms with Crippen LogP contribution in [-0.4, -0.2) is 12.6 Å². The molecule has 0 N–H and O–H groups in total. The van der Waals surface area contributed by atoms with Crippen molar-refractivity contribution in [3.05, 3.63) is 32.5 Å². The molecule has 0 aromatic heterocycles. The third-order valence-electron chi connectivity index (χ3n) is 1.49. The normalized spacial score (nSPS) is 10.0. The molecule has 0 radical (unpaired) electrons. The highest BCUT2D eigenvalue weighted by Crippen LogP contribution is 2.27. The Morgan fingerprint density at radius 2 is 2.14 bits per heavy atom. The van der Waals surface area contributed by atoms with Gasteiger partial charge in [0.1, 0.15) is 5.82 Å². The van der Waals surface area contributed by atoms with Crippen LogP contribution < -0.4 is 0 Å². The topological polar surface area (TPSA) is 26.3 Å². The Bertz CT molecular complexity index is 343. The summed E-state index contributed by atoms with van der Waals surface area (Å²) in [7, 11) is 0. The lowest BCUT2D eigenvalue weighted by Crippen LogP contribution is -2.05. The van der Waals surface area contributed by atoms with E-state index in [9.17, 15) is 9.18 Å². The summed E-state index contributed by atoms with van der Waals surface area (Å²) < 4.78 is 18.7. The van der Waals surface area contributed by atoms with Crippen LogP contribution in [0.2, 0.25) is 0 Å². The fourth-order valence-corrected chi connectivity index (χ4v) is 1.55. The van der Waals surface area contributed by atoms with E-state index in [0.29, 0.717) is 8.95 Å². The molecule has 0 atom stereocenters. The fourth-order valence-electron chi connectivity index (χ4n) is 0.888. The van der Waals surface area contributed by atoms with Crippen LogP contribution in [0.3, 0.4) is 0 Å². The molecule has 1 aromatic rings. The van der Waals surface area contributed by atoms with Crippen LogP contribution in [0.5, 0.6) is 0 Å². The number of rotatable bonds is 2. The number of esters is 1. The number of carbonyl (C=O) groups excluding carboxylic acids is 1. The van der Waals surface area contributed by atoms with Crippen molar-refractivity contribution in [1.82, 2.24) is 0 Å². The third kappa shape index (κ3) is 2.54. The fraction of sp³-hybridized carbons (Fsp3) is 0.222. The first kappa shape index (κ1) is 11.7. The summed E-state index contributed by atoms with van der Waals surface area (Å²) >= 11 is 6.15. The van der Waals surface area contributed by atoms with Crippen molar-refractivity contribution >= 4 is 37.8 Å². The van der Waals surface area contributed by atoms with Crippen LogP contribution >= 0.6 is 31.9 Å². The second-order valence-electron chi connectivity index (χ2n) is 2.47. The number of ether oxygens (including phenoxy) is 1. The van der Waals surface area contributed by atoms with Crippen molar-refractivity contribution in [1.29, 1.82) is 0 Å². The molecule has 0 amide bonds. The van der Waals surface area contributed by atoms with Crippen molar-refractivity contribution in [3.63, 3.8) is 0 Å².